The van der Waals surface area contributed by atoms with E-state index in [1.54, 1.807) is 99.0 Å². The van der Waals surface area contributed by atoms with Gasteiger partial charge in [0.15, 0.2) is 0 Å². The van der Waals surface area contributed by atoms with Crippen molar-refractivity contribution in [2.75, 3.05) is 0 Å². The van der Waals surface area contributed by atoms with Crippen LogP contribution in [0.25, 0.3) is 72.7 Å². The van der Waals surface area contributed by atoms with E-state index in [4.69, 9.17) is 24.2 Å². The number of nitrogens with zero attached hydrogens (tertiary/aromatic N) is 3. The van der Waals surface area contributed by atoms with Gasteiger partial charge < -0.3 is 5.11 Å². The standard InChI is InChI=1S/C54H52N3O.Pt/c1-33(2)43-15-12-16-44(34(3)4)51(43)39-24-25-48(36(6)28-39)57-49-18-13-17-45(52(49)56-53(57)46-14-10-11-19-50(46)58)40-29-41(31-42(30-40)54(7,8)9)47-32-38(26-27-55-47)37-22-20-35(5)21-23-37;/h10-28,30-34,58H,1-9H3;/q-1;/i5D3,6D3,20D,21D,22D,23D,26D,27D,32D,33D,34D;. The fourth-order valence-electron chi connectivity index (χ4n) is 7.27. The molecular weight excluding hydrogens is 902 g/mol. The number of phenolic OH excluding ortho intramolecular Hbond substituents is 1. The summed E-state index contributed by atoms with van der Waals surface area (Å²) >= 11 is 0. The predicted molar refractivity (Wildman–Crippen MR) is 243 cm³/mol. The molecule has 0 saturated heterocycles. The second-order valence-corrected chi connectivity index (χ2v) is 15.8. The zero-order chi connectivity index (χ0) is 53.8. The molecule has 0 amide bonds. The minimum Gasteiger partial charge on any atom is -0.507 e. The van der Waals surface area contributed by atoms with Gasteiger partial charge in [0.25, 0.3) is 0 Å². The van der Waals surface area contributed by atoms with Gasteiger partial charge in [0.05, 0.1) is 31.9 Å². The van der Waals surface area contributed by atoms with E-state index in [2.05, 4.69) is 11.1 Å². The van der Waals surface area contributed by atoms with Gasteiger partial charge in [-0.15, -0.1) is 29.3 Å². The fourth-order valence-corrected chi connectivity index (χ4v) is 7.27. The van der Waals surface area contributed by atoms with Gasteiger partial charge in [0, 0.05) is 43.9 Å². The van der Waals surface area contributed by atoms with Crippen molar-refractivity contribution >= 4 is 11.0 Å². The first-order valence-corrected chi connectivity index (χ1v) is 19.0. The van der Waals surface area contributed by atoms with E-state index < -0.39 is 90.0 Å². The smallest absolute Gasteiger partial charge is 0.148 e. The summed E-state index contributed by atoms with van der Waals surface area (Å²) in [5, 5.41) is 11.4. The molecule has 4 nitrogen and oxygen atoms in total. The number of imidazole rings is 1. The van der Waals surface area contributed by atoms with E-state index in [0.29, 0.717) is 50.0 Å². The number of hydrogen-bond donors (Lipinski definition) is 1. The number of rotatable bonds is 8. The van der Waals surface area contributed by atoms with Crippen LogP contribution in [-0.2, 0) is 26.5 Å². The summed E-state index contributed by atoms with van der Waals surface area (Å²) in [6, 6.07) is 24.8. The van der Waals surface area contributed by atoms with Crippen molar-refractivity contribution in [3.05, 3.63) is 167 Å². The van der Waals surface area contributed by atoms with Crippen LogP contribution < -0.4 is 0 Å². The second kappa shape index (κ2) is 16.6. The third-order valence-corrected chi connectivity index (χ3v) is 10.2. The second-order valence-electron chi connectivity index (χ2n) is 15.8. The summed E-state index contributed by atoms with van der Waals surface area (Å²) in [5.41, 5.74) is 2.78. The van der Waals surface area contributed by atoms with Crippen molar-refractivity contribution in [1.82, 2.24) is 14.5 Å². The molecule has 59 heavy (non-hydrogen) atoms. The molecule has 0 unspecified atom stereocenters. The summed E-state index contributed by atoms with van der Waals surface area (Å²) in [7, 11) is 0. The zero-order valence-corrected chi connectivity index (χ0v) is 36.0. The van der Waals surface area contributed by atoms with Crippen molar-refractivity contribution in [1.29, 1.82) is 0 Å². The number of aryl methyl sites for hydroxylation is 1. The van der Waals surface area contributed by atoms with Crippen LogP contribution in [0.3, 0.4) is 0 Å². The largest absolute Gasteiger partial charge is 0.507 e. The molecular formula is C54H52N3OPt-. The number of para-hydroxylation sites is 2. The average molecular weight is 969 g/mol. The summed E-state index contributed by atoms with van der Waals surface area (Å²) in [6.45, 7) is 7.11. The Balaban J connectivity index is 0.00000800. The van der Waals surface area contributed by atoms with Gasteiger partial charge in [-0.3, -0.25) is 9.55 Å². The molecule has 2 heterocycles. The monoisotopic (exact) mass is 968 g/mol. The number of aromatic hydroxyl groups is 1. The number of aromatic nitrogens is 3. The quantitative estimate of drug-likeness (QED) is 0.154. The molecule has 0 fully saturated rings. The molecule has 1 N–H and O–H groups in total. The van der Waals surface area contributed by atoms with Crippen molar-refractivity contribution in [2.24, 2.45) is 0 Å². The molecule has 8 rings (SSSR count). The average Bonchev–Trinajstić information content (AvgIpc) is 3.68. The van der Waals surface area contributed by atoms with Crippen LogP contribution >= 0.6 is 0 Å². The molecule has 0 spiro atoms. The van der Waals surface area contributed by atoms with Gasteiger partial charge in [0.1, 0.15) is 11.6 Å². The third-order valence-electron chi connectivity index (χ3n) is 10.2. The summed E-state index contributed by atoms with van der Waals surface area (Å²) < 4.78 is 132. The van der Waals surface area contributed by atoms with Crippen LogP contribution in [0, 0.1) is 19.8 Å². The van der Waals surface area contributed by atoms with E-state index in [1.807, 2.05) is 39.0 Å². The first-order chi connectivity index (χ1) is 33.7. The molecule has 0 aliphatic carbocycles. The number of hydrogen-bond acceptors (Lipinski definition) is 3. The van der Waals surface area contributed by atoms with Gasteiger partial charge >= 0.3 is 0 Å². The van der Waals surface area contributed by atoms with Crippen LogP contribution in [-0.4, -0.2) is 19.6 Å². The van der Waals surface area contributed by atoms with E-state index in [-0.39, 0.29) is 60.7 Å². The van der Waals surface area contributed by atoms with Crippen molar-refractivity contribution in [3.63, 3.8) is 0 Å². The molecule has 6 aromatic carbocycles. The Morgan fingerprint density at radius 1 is 0.746 bits per heavy atom. The summed E-state index contributed by atoms with van der Waals surface area (Å²) in [5.74, 6) is -2.17. The van der Waals surface area contributed by atoms with Crippen molar-refractivity contribution in [2.45, 2.75) is 79.4 Å². The Kier molecular flexibility index (Phi) is 7.45. The van der Waals surface area contributed by atoms with Crippen LogP contribution in [0.1, 0.15) is 109 Å². The van der Waals surface area contributed by atoms with Crippen LogP contribution in [0.5, 0.6) is 5.75 Å². The molecule has 5 heteroatoms. The molecule has 0 atom stereocenters. The number of phenols is 1. The Bertz CT molecular complexity index is 3480. The molecule has 300 valence electrons. The molecule has 2 aromatic heterocycles. The molecule has 0 aliphatic rings. The predicted octanol–water partition coefficient (Wildman–Crippen LogP) is 14.4. The molecule has 0 radical (unpaired) electrons. The van der Waals surface area contributed by atoms with E-state index >= 15 is 0 Å². The number of benzene rings is 6. The normalized spacial score (nSPS) is 16.2. The van der Waals surface area contributed by atoms with E-state index in [1.165, 1.54) is 6.07 Å². The SMILES string of the molecule is [2H]c1nc(-c2[c-]c(-c3cccc4c3nc(-c3ccccc3O)n4-c3ccc(-c4c(C([2H])(C)C)cccc4C([2H])(C)C)cc3C([2H])([2H])[2H])cc(C(C)(C)C)c2)c([2H])c(-c2c([2H])c([2H])c(C([2H])([2H])[2H])c([2H])c2[2H])c1[2H].[Pt]. The Morgan fingerprint density at radius 3 is 2.12 bits per heavy atom. The van der Waals surface area contributed by atoms with Gasteiger partial charge in [-0.05, 0) is 106 Å². The van der Waals surface area contributed by atoms with Crippen molar-refractivity contribution < 1.29 is 46.7 Å². The maximum absolute atomic E-state index is 11.4. The maximum atomic E-state index is 11.4. The summed E-state index contributed by atoms with van der Waals surface area (Å²) in [6.07, 6.45) is -0.648. The minimum absolute atomic E-state index is 0. The van der Waals surface area contributed by atoms with E-state index in [0.717, 1.165) is 0 Å². The number of pyridine rings is 1. The molecule has 0 aliphatic heterocycles. The van der Waals surface area contributed by atoms with Crippen LogP contribution in [0.4, 0.5) is 0 Å². The van der Waals surface area contributed by atoms with Gasteiger partial charge in [-0.2, -0.15) is 0 Å². The molecule has 8 aromatic rings. The van der Waals surface area contributed by atoms with Crippen molar-refractivity contribution in [3.8, 4) is 67.5 Å². The maximum Gasteiger partial charge on any atom is 0.148 e. The Hall–Kier alpha value is -5.57. The third kappa shape index (κ3) is 8.08. The van der Waals surface area contributed by atoms with Crippen LogP contribution in [0.15, 0.2) is 133 Å². The first kappa shape index (κ1) is 26.5. The topological polar surface area (TPSA) is 50.9 Å². The van der Waals surface area contributed by atoms with E-state index in [9.17, 15) is 6.48 Å². The first-order valence-electron chi connectivity index (χ1n) is 26.5. The molecule has 0 bridgehead atoms. The minimum atomic E-state index is -3.00. The van der Waals surface area contributed by atoms with Crippen LogP contribution in [0.2, 0.25) is 0 Å². The zero-order valence-electron chi connectivity index (χ0n) is 48.8. The number of fused-ring (bicyclic) bond motifs is 1. The summed E-state index contributed by atoms with van der Waals surface area (Å²) in [4.78, 5) is 9.52. The van der Waals surface area contributed by atoms with Gasteiger partial charge in [0.2, 0.25) is 0 Å². The Morgan fingerprint density at radius 2 is 1.44 bits per heavy atom. The fraction of sp³-hybridized carbons (Fsp3) is 0.222. The Labute approximate surface area is 385 Å². The van der Waals surface area contributed by atoms with Gasteiger partial charge in [-0.1, -0.05) is 144 Å². The molecule has 0 saturated carbocycles. The van der Waals surface area contributed by atoms with Gasteiger partial charge in [-0.25, -0.2) is 4.98 Å².